The molecule has 1 saturated heterocycles. The van der Waals surface area contributed by atoms with E-state index in [1.807, 2.05) is 4.90 Å². The minimum atomic E-state index is 0.198. The molecule has 0 atom stereocenters. The van der Waals surface area contributed by atoms with E-state index in [4.69, 9.17) is 14.2 Å². The van der Waals surface area contributed by atoms with Gasteiger partial charge in [-0.05, 0) is 5.92 Å². The zero-order valence-electron chi connectivity index (χ0n) is 10.8. The summed E-state index contributed by atoms with van der Waals surface area (Å²) in [6.45, 7) is 6.72. The Labute approximate surface area is 103 Å². The van der Waals surface area contributed by atoms with Gasteiger partial charge in [0, 0.05) is 20.2 Å². The summed E-state index contributed by atoms with van der Waals surface area (Å²) in [4.78, 5) is 13.4. The standard InChI is InChI=1S/C12H23NO4/c1-11-9-13(10-11)12(14)3-4-16-7-8-17-6-5-15-2/h11H,3-10H2,1-2H3. The highest BCUT2D eigenvalue weighted by Crippen LogP contribution is 2.14. The Bertz CT molecular complexity index is 217. The number of nitrogens with zero attached hydrogens (tertiary/aromatic N) is 1. The average Bonchev–Trinajstić information content (AvgIpc) is 2.28. The lowest BCUT2D eigenvalue weighted by Crippen LogP contribution is -2.48. The summed E-state index contributed by atoms with van der Waals surface area (Å²) in [6.07, 6.45) is 0.477. The van der Waals surface area contributed by atoms with Gasteiger partial charge in [-0.25, -0.2) is 0 Å². The zero-order valence-corrected chi connectivity index (χ0v) is 10.8. The number of carbonyl (C=O) groups excluding carboxylic acids is 1. The summed E-state index contributed by atoms with van der Waals surface area (Å²) in [5.74, 6) is 0.859. The van der Waals surface area contributed by atoms with Crippen LogP contribution in [-0.4, -0.2) is 64.0 Å². The largest absolute Gasteiger partial charge is 0.382 e. The van der Waals surface area contributed by atoms with Gasteiger partial charge in [0.2, 0.25) is 5.91 Å². The topological polar surface area (TPSA) is 48.0 Å². The van der Waals surface area contributed by atoms with Crippen LogP contribution in [0.5, 0.6) is 0 Å². The first-order valence-electron chi connectivity index (χ1n) is 6.16. The van der Waals surface area contributed by atoms with Crippen LogP contribution in [0.1, 0.15) is 13.3 Å². The summed E-state index contributed by atoms with van der Waals surface area (Å²) in [5, 5.41) is 0. The molecule has 0 aromatic rings. The van der Waals surface area contributed by atoms with Gasteiger partial charge in [-0.15, -0.1) is 0 Å². The zero-order chi connectivity index (χ0) is 12.5. The van der Waals surface area contributed by atoms with Crippen molar-refractivity contribution in [3.8, 4) is 0 Å². The van der Waals surface area contributed by atoms with Crippen molar-refractivity contribution in [1.82, 2.24) is 4.90 Å². The quantitative estimate of drug-likeness (QED) is 0.556. The fourth-order valence-corrected chi connectivity index (χ4v) is 1.68. The minimum Gasteiger partial charge on any atom is -0.382 e. The summed E-state index contributed by atoms with van der Waals surface area (Å²) in [5.41, 5.74) is 0. The van der Waals surface area contributed by atoms with Crippen molar-refractivity contribution in [1.29, 1.82) is 0 Å². The molecule has 0 bridgehead atoms. The van der Waals surface area contributed by atoms with E-state index in [0.717, 1.165) is 13.1 Å². The fourth-order valence-electron chi connectivity index (χ4n) is 1.68. The highest BCUT2D eigenvalue weighted by atomic mass is 16.5. The van der Waals surface area contributed by atoms with Crippen molar-refractivity contribution in [2.24, 2.45) is 5.92 Å². The predicted molar refractivity (Wildman–Crippen MR) is 63.9 cm³/mol. The van der Waals surface area contributed by atoms with Crippen molar-refractivity contribution >= 4 is 5.91 Å². The molecule has 0 N–H and O–H groups in total. The number of hydrogen-bond donors (Lipinski definition) is 0. The molecule has 0 saturated carbocycles. The molecule has 0 aromatic heterocycles. The van der Waals surface area contributed by atoms with Gasteiger partial charge in [0.1, 0.15) is 0 Å². The molecule has 0 aliphatic carbocycles. The van der Waals surface area contributed by atoms with Crippen molar-refractivity contribution in [2.45, 2.75) is 13.3 Å². The van der Waals surface area contributed by atoms with Gasteiger partial charge < -0.3 is 19.1 Å². The smallest absolute Gasteiger partial charge is 0.224 e. The maximum atomic E-state index is 11.5. The molecular weight excluding hydrogens is 222 g/mol. The van der Waals surface area contributed by atoms with Gasteiger partial charge in [-0.2, -0.15) is 0 Å². The van der Waals surface area contributed by atoms with Gasteiger partial charge >= 0.3 is 0 Å². The molecule has 5 heteroatoms. The van der Waals surface area contributed by atoms with Crippen molar-refractivity contribution < 1.29 is 19.0 Å². The first kappa shape index (κ1) is 14.4. The molecule has 5 nitrogen and oxygen atoms in total. The summed E-state index contributed by atoms with van der Waals surface area (Å²) >= 11 is 0. The van der Waals surface area contributed by atoms with E-state index < -0.39 is 0 Å². The number of likely N-dealkylation sites (tertiary alicyclic amines) is 1. The van der Waals surface area contributed by atoms with E-state index in [9.17, 15) is 4.79 Å². The van der Waals surface area contributed by atoms with Crippen molar-refractivity contribution in [3.63, 3.8) is 0 Å². The van der Waals surface area contributed by atoms with Crippen LogP contribution in [0.3, 0.4) is 0 Å². The monoisotopic (exact) mass is 245 g/mol. The van der Waals surface area contributed by atoms with Crippen molar-refractivity contribution in [2.75, 3.05) is 53.2 Å². The van der Waals surface area contributed by atoms with E-state index in [0.29, 0.717) is 45.4 Å². The maximum absolute atomic E-state index is 11.5. The lowest BCUT2D eigenvalue weighted by molar-refractivity contribution is -0.138. The Kier molecular flexibility index (Phi) is 7.16. The third-order valence-corrected chi connectivity index (χ3v) is 2.68. The summed E-state index contributed by atoms with van der Waals surface area (Å²) in [7, 11) is 1.64. The highest BCUT2D eigenvalue weighted by Gasteiger charge is 2.26. The van der Waals surface area contributed by atoms with Crippen LogP contribution < -0.4 is 0 Å². The molecular formula is C12H23NO4. The molecule has 17 heavy (non-hydrogen) atoms. The maximum Gasteiger partial charge on any atom is 0.224 e. The van der Waals surface area contributed by atoms with Crippen LogP contribution in [-0.2, 0) is 19.0 Å². The molecule has 0 spiro atoms. The third kappa shape index (κ3) is 6.00. The molecule has 100 valence electrons. The van der Waals surface area contributed by atoms with Gasteiger partial charge in [-0.3, -0.25) is 4.79 Å². The predicted octanol–water partition coefficient (Wildman–Crippen LogP) is 0.534. The molecule has 1 aliphatic heterocycles. The van der Waals surface area contributed by atoms with Crippen LogP contribution in [0.2, 0.25) is 0 Å². The Hall–Kier alpha value is -0.650. The number of methoxy groups -OCH3 is 1. The van der Waals surface area contributed by atoms with Crippen LogP contribution in [0.4, 0.5) is 0 Å². The number of carbonyl (C=O) groups is 1. The van der Waals surface area contributed by atoms with E-state index in [1.165, 1.54) is 0 Å². The van der Waals surface area contributed by atoms with Gasteiger partial charge in [0.15, 0.2) is 0 Å². The Balaban J connectivity index is 1.82. The first-order valence-corrected chi connectivity index (χ1v) is 6.16. The van der Waals surface area contributed by atoms with Gasteiger partial charge in [0.05, 0.1) is 39.5 Å². The lowest BCUT2D eigenvalue weighted by Gasteiger charge is -2.37. The van der Waals surface area contributed by atoms with E-state index in [-0.39, 0.29) is 5.91 Å². The number of rotatable bonds is 9. The second-order valence-electron chi connectivity index (χ2n) is 4.37. The first-order chi connectivity index (χ1) is 8.24. The summed E-state index contributed by atoms with van der Waals surface area (Å²) < 4.78 is 15.4. The van der Waals surface area contributed by atoms with Gasteiger partial charge in [0.25, 0.3) is 0 Å². The SMILES string of the molecule is COCCOCCOCCC(=O)N1CC(C)C1. The number of ether oxygens (including phenoxy) is 3. The molecule has 0 aromatic carbocycles. The minimum absolute atomic E-state index is 0.198. The van der Waals surface area contributed by atoms with Crippen LogP contribution >= 0.6 is 0 Å². The van der Waals surface area contributed by atoms with Gasteiger partial charge in [-0.1, -0.05) is 6.92 Å². The third-order valence-electron chi connectivity index (χ3n) is 2.68. The molecule has 1 rings (SSSR count). The number of hydrogen-bond acceptors (Lipinski definition) is 4. The van der Waals surface area contributed by atoms with E-state index in [1.54, 1.807) is 7.11 Å². The molecule has 1 aliphatic rings. The summed E-state index contributed by atoms with van der Waals surface area (Å²) in [6, 6.07) is 0. The van der Waals surface area contributed by atoms with E-state index in [2.05, 4.69) is 6.92 Å². The van der Waals surface area contributed by atoms with E-state index >= 15 is 0 Å². The van der Waals surface area contributed by atoms with Crippen LogP contribution in [0.15, 0.2) is 0 Å². The Morgan fingerprint density at radius 3 is 2.29 bits per heavy atom. The number of amides is 1. The Morgan fingerprint density at radius 1 is 1.12 bits per heavy atom. The second-order valence-corrected chi connectivity index (χ2v) is 4.37. The molecule has 1 fully saturated rings. The molecule has 0 radical (unpaired) electrons. The fraction of sp³-hybridized carbons (Fsp3) is 0.917. The van der Waals surface area contributed by atoms with Crippen molar-refractivity contribution in [3.05, 3.63) is 0 Å². The second kappa shape index (κ2) is 8.44. The van der Waals surface area contributed by atoms with Crippen LogP contribution in [0, 0.1) is 5.92 Å². The molecule has 0 unspecified atom stereocenters. The lowest BCUT2D eigenvalue weighted by atomic mass is 10.0. The molecule has 1 amide bonds. The molecule has 1 heterocycles. The van der Waals surface area contributed by atoms with Crippen LogP contribution in [0.25, 0.3) is 0 Å². The highest BCUT2D eigenvalue weighted by molar-refractivity contribution is 5.77. The normalized spacial score (nSPS) is 16.0. The average molecular weight is 245 g/mol. The Morgan fingerprint density at radius 2 is 1.71 bits per heavy atom.